The zero-order valence-electron chi connectivity index (χ0n) is 46.5. The van der Waals surface area contributed by atoms with Crippen molar-refractivity contribution in [1.29, 1.82) is 0 Å². The number of hydrogen-bond donors (Lipinski definition) is 0. The molecular formula is C60H112NO8P. The molecule has 0 saturated carbocycles. The van der Waals surface area contributed by atoms with E-state index in [1.807, 2.05) is 21.1 Å². The van der Waals surface area contributed by atoms with Gasteiger partial charge in [-0.2, -0.15) is 0 Å². The molecule has 0 rings (SSSR count). The van der Waals surface area contributed by atoms with Crippen molar-refractivity contribution < 1.29 is 42.1 Å². The lowest BCUT2D eigenvalue weighted by atomic mass is 10.0. The summed E-state index contributed by atoms with van der Waals surface area (Å²) in [6.45, 7) is 4.24. The van der Waals surface area contributed by atoms with E-state index in [2.05, 4.69) is 62.5 Å². The zero-order valence-corrected chi connectivity index (χ0v) is 47.4. The van der Waals surface area contributed by atoms with Gasteiger partial charge in [-0.3, -0.25) is 14.2 Å². The summed E-state index contributed by atoms with van der Waals surface area (Å²) >= 11 is 0. The van der Waals surface area contributed by atoms with Crippen molar-refractivity contribution in [2.24, 2.45) is 0 Å². The second-order valence-corrected chi connectivity index (χ2v) is 22.4. The molecule has 0 fully saturated rings. The van der Waals surface area contributed by atoms with Crippen LogP contribution in [0.25, 0.3) is 0 Å². The minimum Gasteiger partial charge on any atom is -0.756 e. The molecule has 0 aromatic heterocycles. The van der Waals surface area contributed by atoms with Gasteiger partial charge in [0.05, 0.1) is 27.7 Å². The van der Waals surface area contributed by atoms with Crippen LogP contribution in [-0.2, 0) is 32.7 Å². The van der Waals surface area contributed by atoms with E-state index in [0.717, 1.165) is 70.6 Å². The molecule has 0 heterocycles. The van der Waals surface area contributed by atoms with Gasteiger partial charge in [0.15, 0.2) is 6.10 Å². The topological polar surface area (TPSA) is 111 Å². The highest BCUT2D eigenvalue weighted by Gasteiger charge is 2.22. The first-order valence-electron chi connectivity index (χ1n) is 29.3. The molecule has 0 aliphatic heterocycles. The molecule has 410 valence electrons. The molecule has 2 unspecified atom stereocenters. The molecule has 0 N–H and O–H groups in total. The maximum absolute atomic E-state index is 12.8. The summed E-state index contributed by atoms with van der Waals surface area (Å²) in [6.07, 6.45) is 64.5. The van der Waals surface area contributed by atoms with Crippen LogP contribution >= 0.6 is 7.82 Å². The first-order valence-corrected chi connectivity index (χ1v) is 30.8. The van der Waals surface area contributed by atoms with Crippen molar-refractivity contribution in [2.75, 3.05) is 47.5 Å². The van der Waals surface area contributed by atoms with Gasteiger partial charge in [0.2, 0.25) is 0 Å². The smallest absolute Gasteiger partial charge is 0.306 e. The molecule has 2 atom stereocenters. The number of quaternary nitrogens is 1. The van der Waals surface area contributed by atoms with Gasteiger partial charge in [-0.15, -0.1) is 0 Å². The number of esters is 2. The van der Waals surface area contributed by atoms with E-state index in [0.29, 0.717) is 17.4 Å². The number of phosphoric ester groups is 1. The maximum atomic E-state index is 12.8. The fourth-order valence-corrected chi connectivity index (χ4v) is 8.98. The first kappa shape index (κ1) is 68.0. The van der Waals surface area contributed by atoms with E-state index < -0.39 is 26.5 Å². The van der Waals surface area contributed by atoms with Crippen LogP contribution in [0.4, 0.5) is 0 Å². The van der Waals surface area contributed by atoms with Gasteiger partial charge in [0, 0.05) is 12.8 Å². The van der Waals surface area contributed by atoms with Crippen LogP contribution in [0.2, 0.25) is 0 Å². The average molecular weight is 1010 g/mol. The van der Waals surface area contributed by atoms with Crippen LogP contribution in [0.1, 0.15) is 271 Å². The number of unbranched alkanes of at least 4 members (excludes halogenated alkanes) is 32. The Kier molecular flexibility index (Phi) is 50.4. The number of likely N-dealkylation sites (N-methyl/N-ethyl adjacent to an activating group) is 1. The normalized spacial score (nSPS) is 13.6. The minimum atomic E-state index is -4.63. The van der Waals surface area contributed by atoms with Crippen LogP contribution in [0.5, 0.6) is 0 Å². The third-order valence-corrected chi connectivity index (χ3v) is 13.8. The van der Waals surface area contributed by atoms with Crippen molar-refractivity contribution in [2.45, 2.75) is 277 Å². The Bertz CT molecular complexity index is 1320. The summed E-state index contributed by atoms with van der Waals surface area (Å²) < 4.78 is 34.1. The number of hydrogen-bond acceptors (Lipinski definition) is 8. The molecule has 0 radical (unpaired) electrons. The monoisotopic (exact) mass is 1010 g/mol. The molecule has 0 spiro atoms. The molecule has 0 aromatic carbocycles. The fraction of sp³-hybridized carbons (Fsp3) is 0.833. The van der Waals surface area contributed by atoms with Gasteiger partial charge in [-0.05, 0) is 77.0 Å². The van der Waals surface area contributed by atoms with Crippen molar-refractivity contribution in [3.05, 3.63) is 48.6 Å². The summed E-state index contributed by atoms with van der Waals surface area (Å²) in [5, 5.41) is 0. The molecular weight excluding hydrogens is 894 g/mol. The Morgan fingerprint density at radius 3 is 1.16 bits per heavy atom. The second-order valence-electron chi connectivity index (χ2n) is 21.0. The molecule has 10 heteroatoms. The molecule has 70 heavy (non-hydrogen) atoms. The average Bonchev–Trinajstić information content (AvgIpc) is 3.32. The number of phosphoric acid groups is 1. The highest BCUT2D eigenvalue weighted by molar-refractivity contribution is 7.45. The van der Waals surface area contributed by atoms with Crippen molar-refractivity contribution in [3.63, 3.8) is 0 Å². The van der Waals surface area contributed by atoms with Gasteiger partial charge < -0.3 is 27.9 Å². The van der Waals surface area contributed by atoms with Gasteiger partial charge >= 0.3 is 11.9 Å². The van der Waals surface area contributed by atoms with Crippen LogP contribution in [-0.4, -0.2) is 70.0 Å². The van der Waals surface area contributed by atoms with E-state index in [1.54, 1.807) is 0 Å². The number of allylic oxidation sites excluding steroid dienone is 8. The van der Waals surface area contributed by atoms with E-state index in [4.69, 9.17) is 18.5 Å². The van der Waals surface area contributed by atoms with Crippen molar-refractivity contribution in [1.82, 2.24) is 0 Å². The number of rotatable bonds is 54. The van der Waals surface area contributed by atoms with Crippen LogP contribution in [0, 0.1) is 0 Å². The number of carbonyl (C=O) groups is 2. The molecule has 0 bridgehead atoms. The summed E-state index contributed by atoms with van der Waals surface area (Å²) in [6, 6.07) is 0. The lowest BCUT2D eigenvalue weighted by molar-refractivity contribution is -0.870. The SMILES string of the molecule is CCCCCCC/C=C\C/C=C\C/C=C\CCCCCCCCCCCCCCCCCCC(=O)OC(COC(=O)CCCCCCC/C=C\CCCCCCCC)COP(=O)([O-])OCC[N+](C)(C)C. The second kappa shape index (κ2) is 51.9. The van der Waals surface area contributed by atoms with E-state index >= 15 is 0 Å². The lowest BCUT2D eigenvalue weighted by Gasteiger charge is -2.28. The van der Waals surface area contributed by atoms with Crippen LogP contribution < -0.4 is 4.89 Å². The Morgan fingerprint density at radius 1 is 0.443 bits per heavy atom. The van der Waals surface area contributed by atoms with Gasteiger partial charge in [0.1, 0.15) is 19.8 Å². The number of nitrogens with zero attached hydrogens (tertiary/aromatic N) is 1. The highest BCUT2D eigenvalue weighted by Crippen LogP contribution is 2.38. The van der Waals surface area contributed by atoms with Crippen molar-refractivity contribution in [3.8, 4) is 0 Å². The minimum absolute atomic E-state index is 0.0317. The summed E-state index contributed by atoms with van der Waals surface area (Å²) in [5.74, 6) is -0.835. The Labute approximate surface area is 433 Å². The fourth-order valence-electron chi connectivity index (χ4n) is 8.25. The molecule has 0 aliphatic carbocycles. The van der Waals surface area contributed by atoms with E-state index in [-0.39, 0.29) is 32.0 Å². The quantitative estimate of drug-likeness (QED) is 0.0195. The Morgan fingerprint density at radius 2 is 0.771 bits per heavy atom. The van der Waals surface area contributed by atoms with Crippen LogP contribution in [0.3, 0.4) is 0 Å². The zero-order chi connectivity index (χ0) is 51.3. The number of ether oxygens (including phenoxy) is 2. The largest absolute Gasteiger partial charge is 0.756 e. The maximum Gasteiger partial charge on any atom is 0.306 e. The molecule has 0 amide bonds. The van der Waals surface area contributed by atoms with E-state index in [1.165, 1.54) is 167 Å². The third-order valence-electron chi connectivity index (χ3n) is 12.8. The third kappa shape index (κ3) is 55.3. The summed E-state index contributed by atoms with van der Waals surface area (Å²) in [4.78, 5) is 37.8. The lowest BCUT2D eigenvalue weighted by Crippen LogP contribution is -2.37. The Hall–Kier alpha value is -2.03. The first-order chi connectivity index (χ1) is 34.0. The van der Waals surface area contributed by atoms with Gasteiger partial charge in [-0.25, -0.2) is 0 Å². The van der Waals surface area contributed by atoms with Gasteiger partial charge in [0.25, 0.3) is 7.82 Å². The summed E-state index contributed by atoms with van der Waals surface area (Å²) in [7, 11) is 1.17. The predicted octanol–water partition coefficient (Wildman–Crippen LogP) is 17.5. The van der Waals surface area contributed by atoms with Crippen LogP contribution in [0.15, 0.2) is 48.6 Å². The molecule has 0 saturated heterocycles. The Balaban J connectivity index is 4.07. The standard InChI is InChI=1S/C60H112NO8P/c1-6-8-10-12-14-16-18-20-22-23-24-25-26-27-28-29-30-31-32-33-34-35-36-37-39-41-43-45-47-49-51-53-60(63)69-58(57-68-70(64,65)67-55-54-61(3,4)5)56-66-59(62)52-50-48-46-44-42-40-38-21-19-17-15-13-11-9-7-2/h18,20-21,23-24,26-27,38,58H,6-17,19,22,25,28-37,39-57H2,1-5H3/b20-18-,24-23-,27-26-,38-21-. The number of carbonyl (C=O) groups excluding carboxylic acids is 2. The summed E-state index contributed by atoms with van der Waals surface area (Å²) in [5.41, 5.74) is 0. The van der Waals surface area contributed by atoms with Gasteiger partial charge in [-0.1, -0.05) is 229 Å². The van der Waals surface area contributed by atoms with Crippen molar-refractivity contribution >= 4 is 19.8 Å². The highest BCUT2D eigenvalue weighted by atomic mass is 31.2. The molecule has 0 aromatic rings. The van der Waals surface area contributed by atoms with E-state index in [9.17, 15) is 19.0 Å². The molecule has 9 nitrogen and oxygen atoms in total. The predicted molar refractivity (Wildman–Crippen MR) is 296 cm³/mol. The molecule has 0 aliphatic rings.